The fourth-order valence-corrected chi connectivity index (χ4v) is 2.38. The molecule has 6 nitrogen and oxygen atoms in total. The van der Waals surface area contributed by atoms with Crippen molar-refractivity contribution in [2.75, 3.05) is 20.2 Å². The lowest BCUT2D eigenvalue weighted by Gasteiger charge is -2.31. The second-order valence-electron chi connectivity index (χ2n) is 5.17. The molecule has 1 N–H and O–H groups in total. The maximum Gasteiger partial charge on any atom is 0.324 e. The van der Waals surface area contributed by atoms with Gasteiger partial charge >= 0.3 is 5.97 Å². The molecule has 0 radical (unpaired) electrons. The van der Waals surface area contributed by atoms with Crippen molar-refractivity contribution in [2.24, 2.45) is 0 Å². The van der Waals surface area contributed by atoms with Crippen molar-refractivity contribution in [2.45, 2.75) is 39.0 Å². The van der Waals surface area contributed by atoms with Gasteiger partial charge in [-0.25, -0.2) is 4.98 Å². The number of nitrogens with one attached hydrogen (secondary N) is 1. The van der Waals surface area contributed by atoms with E-state index in [4.69, 9.17) is 4.74 Å². The van der Waals surface area contributed by atoms with E-state index in [0.717, 1.165) is 25.5 Å². The number of esters is 1. The third-order valence-electron chi connectivity index (χ3n) is 3.28. The highest BCUT2D eigenvalue weighted by atomic mass is 16.5. The van der Waals surface area contributed by atoms with Crippen molar-refractivity contribution in [3.05, 3.63) is 18.2 Å². The lowest BCUT2D eigenvalue weighted by molar-refractivity contribution is -0.144. The van der Waals surface area contributed by atoms with Crippen LogP contribution in [0.15, 0.2) is 12.4 Å². The molecular weight excluding hydrogens is 244 g/mol. The molecule has 1 aliphatic rings. The van der Waals surface area contributed by atoms with Crippen molar-refractivity contribution in [3.8, 4) is 0 Å². The van der Waals surface area contributed by atoms with Crippen LogP contribution in [0.4, 0.5) is 0 Å². The lowest BCUT2D eigenvalue weighted by Crippen LogP contribution is -2.50. The standard InChI is InChI=1S/C13H22N4O2/c1-10(2)15-11(13(18)19-3)8-16-6-7-17-5-4-14-12(17)9-16/h4-5,10-11,15H,6-9H2,1-3H3. The Morgan fingerprint density at radius 1 is 1.53 bits per heavy atom. The molecule has 1 unspecified atom stereocenters. The molecule has 0 fully saturated rings. The number of carbonyl (C=O) groups excluding carboxylic acids is 1. The highest BCUT2D eigenvalue weighted by molar-refractivity contribution is 5.76. The Morgan fingerprint density at radius 3 is 3.00 bits per heavy atom. The van der Waals surface area contributed by atoms with E-state index in [1.807, 2.05) is 26.2 Å². The van der Waals surface area contributed by atoms with E-state index in [0.29, 0.717) is 6.54 Å². The predicted octanol–water partition coefficient (Wildman–Crippen LogP) is 0.238. The molecule has 106 valence electrons. The largest absolute Gasteiger partial charge is 0.468 e. The fraction of sp³-hybridized carbons (Fsp3) is 0.692. The summed E-state index contributed by atoms with van der Waals surface area (Å²) in [4.78, 5) is 18.3. The van der Waals surface area contributed by atoms with Gasteiger partial charge in [0.1, 0.15) is 11.9 Å². The number of rotatable bonds is 5. The first-order valence-corrected chi connectivity index (χ1v) is 6.66. The summed E-state index contributed by atoms with van der Waals surface area (Å²) in [6, 6.07) is -0.0395. The van der Waals surface area contributed by atoms with Crippen LogP contribution in [0.5, 0.6) is 0 Å². The second kappa shape index (κ2) is 6.16. The summed E-state index contributed by atoms with van der Waals surface area (Å²) in [5.74, 6) is 0.849. The number of aromatic nitrogens is 2. The Hall–Kier alpha value is -1.40. The number of nitrogens with zero attached hydrogens (tertiary/aromatic N) is 3. The molecule has 1 atom stereocenters. The average molecular weight is 266 g/mol. The van der Waals surface area contributed by atoms with Crippen LogP contribution in [0.2, 0.25) is 0 Å². The van der Waals surface area contributed by atoms with Crippen LogP contribution in [-0.4, -0.2) is 52.7 Å². The van der Waals surface area contributed by atoms with Crippen LogP contribution in [0.25, 0.3) is 0 Å². The SMILES string of the molecule is COC(=O)C(CN1CCn2ccnc2C1)NC(C)C. The van der Waals surface area contributed by atoms with Gasteiger partial charge in [0.15, 0.2) is 0 Å². The summed E-state index contributed by atoms with van der Waals surface area (Å²) in [7, 11) is 1.43. The van der Waals surface area contributed by atoms with E-state index in [2.05, 4.69) is 19.8 Å². The van der Waals surface area contributed by atoms with Gasteiger partial charge in [0, 0.05) is 38.1 Å². The molecule has 2 heterocycles. The summed E-state index contributed by atoms with van der Waals surface area (Å²) in [6.07, 6.45) is 3.82. The Morgan fingerprint density at radius 2 is 2.32 bits per heavy atom. The number of fused-ring (bicyclic) bond motifs is 1. The van der Waals surface area contributed by atoms with E-state index in [9.17, 15) is 4.79 Å². The van der Waals surface area contributed by atoms with Crippen molar-refractivity contribution in [3.63, 3.8) is 0 Å². The summed E-state index contributed by atoms with van der Waals surface area (Å²) in [5.41, 5.74) is 0. The minimum Gasteiger partial charge on any atom is -0.468 e. The first-order chi connectivity index (χ1) is 9.10. The highest BCUT2D eigenvalue weighted by Crippen LogP contribution is 2.11. The number of hydrogen-bond acceptors (Lipinski definition) is 5. The van der Waals surface area contributed by atoms with Crippen LogP contribution < -0.4 is 5.32 Å². The smallest absolute Gasteiger partial charge is 0.324 e. The number of hydrogen-bond donors (Lipinski definition) is 1. The maximum atomic E-state index is 11.8. The first kappa shape index (κ1) is 14.0. The molecule has 2 rings (SSSR count). The average Bonchev–Trinajstić information content (AvgIpc) is 2.84. The molecular formula is C13H22N4O2. The molecule has 1 aromatic rings. The molecule has 0 amide bonds. The molecule has 0 saturated heterocycles. The zero-order chi connectivity index (χ0) is 13.8. The van der Waals surface area contributed by atoms with Crippen LogP contribution in [0, 0.1) is 0 Å². The fourth-order valence-electron chi connectivity index (χ4n) is 2.38. The van der Waals surface area contributed by atoms with Crippen molar-refractivity contribution < 1.29 is 9.53 Å². The topological polar surface area (TPSA) is 59.4 Å². The van der Waals surface area contributed by atoms with Gasteiger partial charge in [0.2, 0.25) is 0 Å². The predicted molar refractivity (Wildman–Crippen MR) is 71.6 cm³/mol. The number of carbonyl (C=O) groups is 1. The van der Waals surface area contributed by atoms with E-state index >= 15 is 0 Å². The van der Waals surface area contributed by atoms with Crippen LogP contribution in [0.1, 0.15) is 19.7 Å². The molecule has 0 aromatic carbocycles. The minimum atomic E-state index is -0.286. The molecule has 0 spiro atoms. The van der Waals surface area contributed by atoms with Gasteiger partial charge in [-0.2, -0.15) is 0 Å². The summed E-state index contributed by atoms with van der Waals surface area (Å²) in [6.45, 7) is 7.33. The van der Waals surface area contributed by atoms with Crippen LogP contribution in [0.3, 0.4) is 0 Å². The second-order valence-corrected chi connectivity index (χ2v) is 5.17. The summed E-state index contributed by atoms with van der Waals surface area (Å²) < 4.78 is 7.01. The van der Waals surface area contributed by atoms with E-state index in [-0.39, 0.29) is 18.1 Å². The van der Waals surface area contributed by atoms with E-state index in [1.54, 1.807) is 0 Å². The Balaban J connectivity index is 1.96. The third-order valence-corrected chi connectivity index (χ3v) is 3.28. The molecule has 0 aliphatic carbocycles. The molecule has 19 heavy (non-hydrogen) atoms. The van der Waals surface area contributed by atoms with Crippen molar-refractivity contribution in [1.29, 1.82) is 0 Å². The van der Waals surface area contributed by atoms with Gasteiger partial charge in [-0.15, -0.1) is 0 Å². The Bertz CT molecular complexity index is 430. The quantitative estimate of drug-likeness (QED) is 0.774. The van der Waals surface area contributed by atoms with Gasteiger partial charge in [-0.1, -0.05) is 13.8 Å². The first-order valence-electron chi connectivity index (χ1n) is 6.66. The van der Waals surface area contributed by atoms with Gasteiger partial charge in [0.05, 0.1) is 13.7 Å². The third kappa shape index (κ3) is 3.54. The highest BCUT2D eigenvalue weighted by Gasteiger charge is 2.25. The molecule has 0 bridgehead atoms. The summed E-state index contributed by atoms with van der Waals surface area (Å²) >= 11 is 0. The van der Waals surface area contributed by atoms with Crippen molar-refractivity contribution in [1.82, 2.24) is 19.8 Å². The van der Waals surface area contributed by atoms with Crippen LogP contribution in [-0.2, 0) is 22.6 Å². The molecule has 1 aliphatic heterocycles. The summed E-state index contributed by atoms with van der Waals surface area (Å²) in [5, 5.41) is 3.25. The van der Waals surface area contributed by atoms with Gasteiger partial charge in [0.25, 0.3) is 0 Å². The molecule has 0 saturated carbocycles. The molecule has 6 heteroatoms. The van der Waals surface area contributed by atoms with Crippen molar-refractivity contribution >= 4 is 5.97 Å². The van der Waals surface area contributed by atoms with Gasteiger partial charge in [-0.3, -0.25) is 9.69 Å². The normalized spacial score (nSPS) is 17.3. The maximum absolute atomic E-state index is 11.8. The lowest BCUT2D eigenvalue weighted by atomic mass is 10.2. The molecule has 1 aromatic heterocycles. The number of methoxy groups -OCH3 is 1. The minimum absolute atomic E-state index is 0.206. The Kier molecular flexibility index (Phi) is 4.55. The van der Waals surface area contributed by atoms with Gasteiger partial charge < -0.3 is 14.6 Å². The van der Waals surface area contributed by atoms with E-state index in [1.165, 1.54) is 7.11 Å². The zero-order valence-electron chi connectivity index (χ0n) is 11.8. The Labute approximate surface area is 113 Å². The number of ether oxygens (including phenoxy) is 1. The monoisotopic (exact) mass is 266 g/mol. The number of imidazole rings is 1. The van der Waals surface area contributed by atoms with E-state index < -0.39 is 0 Å². The van der Waals surface area contributed by atoms with Gasteiger partial charge in [-0.05, 0) is 0 Å². The zero-order valence-corrected chi connectivity index (χ0v) is 11.8. The van der Waals surface area contributed by atoms with Crippen LogP contribution >= 0.6 is 0 Å².